The van der Waals surface area contributed by atoms with E-state index in [1.54, 1.807) is 18.2 Å². The van der Waals surface area contributed by atoms with Gasteiger partial charge < -0.3 is 0 Å². The monoisotopic (exact) mass is 277 g/mol. The first-order valence-electron chi connectivity index (χ1n) is 6.64. The van der Waals surface area contributed by atoms with E-state index in [1.807, 2.05) is 24.3 Å². The second kappa shape index (κ2) is 5.36. The number of nitrogens with zero attached hydrogens (tertiary/aromatic N) is 2. The third-order valence-electron chi connectivity index (χ3n) is 3.84. The van der Waals surface area contributed by atoms with Gasteiger partial charge in [-0.15, -0.1) is 0 Å². The number of rotatable bonds is 2. The highest BCUT2D eigenvalue weighted by Crippen LogP contribution is 2.33. The maximum atomic E-state index is 13.7. The summed E-state index contributed by atoms with van der Waals surface area (Å²) in [7, 11) is 0. The molecule has 0 amide bonds. The molecule has 1 aliphatic heterocycles. The van der Waals surface area contributed by atoms with E-state index in [9.17, 15) is 4.39 Å². The fourth-order valence-electron chi connectivity index (χ4n) is 2.67. The summed E-state index contributed by atoms with van der Waals surface area (Å²) >= 11 is 0. The van der Waals surface area contributed by atoms with Crippen molar-refractivity contribution in [1.82, 2.24) is 5.32 Å². The summed E-state index contributed by atoms with van der Waals surface area (Å²) in [6, 6.07) is 17.6. The molecule has 1 aliphatic rings. The van der Waals surface area contributed by atoms with Crippen LogP contribution in [0.3, 0.4) is 0 Å². The molecule has 1 saturated heterocycles. The largest absolute Gasteiger partial charge is 0.285 e. The zero-order valence-electron chi connectivity index (χ0n) is 11.1. The summed E-state index contributed by atoms with van der Waals surface area (Å²) in [5.41, 5.74) is 2.25. The van der Waals surface area contributed by atoms with E-state index in [2.05, 4.69) is 17.5 Å². The standard InChI is InChI=1S/C17H12FN3/c18-14-4-2-1-3-13(14)11-5-7-12(8-6-11)17-15(9-19)21-16(17)10-20/h1-8,15-17,21H/t15-,16-/m0/s1. The first-order chi connectivity index (χ1) is 10.2. The highest BCUT2D eigenvalue weighted by atomic mass is 19.1. The molecule has 0 aliphatic carbocycles. The zero-order chi connectivity index (χ0) is 14.8. The minimum atomic E-state index is -0.339. The van der Waals surface area contributed by atoms with E-state index in [0.717, 1.165) is 11.1 Å². The summed E-state index contributed by atoms with van der Waals surface area (Å²) in [6.07, 6.45) is 0. The molecule has 0 saturated carbocycles. The van der Waals surface area contributed by atoms with E-state index in [4.69, 9.17) is 10.5 Å². The molecule has 0 unspecified atom stereocenters. The molecule has 0 bridgehead atoms. The first-order valence-corrected chi connectivity index (χ1v) is 6.64. The van der Waals surface area contributed by atoms with E-state index < -0.39 is 0 Å². The van der Waals surface area contributed by atoms with Crippen LogP contribution in [0.5, 0.6) is 0 Å². The molecule has 1 fully saturated rings. The van der Waals surface area contributed by atoms with Gasteiger partial charge in [-0.2, -0.15) is 10.5 Å². The van der Waals surface area contributed by atoms with Gasteiger partial charge in [0.25, 0.3) is 0 Å². The summed E-state index contributed by atoms with van der Waals surface area (Å²) in [4.78, 5) is 0. The Morgan fingerprint density at radius 3 is 2.10 bits per heavy atom. The Kier molecular flexibility index (Phi) is 3.39. The topological polar surface area (TPSA) is 59.6 Å². The second-order valence-corrected chi connectivity index (χ2v) is 5.01. The molecule has 4 heteroatoms. The molecule has 2 aromatic rings. The van der Waals surface area contributed by atoms with Crippen LogP contribution in [-0.4, -0.2) is 12.1 Å². The van der Waals surface area contributed by atoms with Gasteiger partial charge in [0, 0.05) is 11.5 Å². The van der Waals surface area contributed by atoms with Crippen LogP contribution in [0.2, 0.25) is 0 Å². The van der Waals surface area contributed by atoms with Crippen LogP contribution in [0.1, 0.15) is 11.5 Å². The predicted octanol–water partition coefficient (Wildman–Crippen LogP) is 2.96. The second-order valence-electron chi connectivity index (χ2n) is 5.01. The molecule has 21 heavy (non-hydrogen) atoms. The third kappa shape index (κ3) is 2.27. The van der Waals surface area contributed by atoms with Crippen molar-refractivity contribution < 1.29 is 4.39 Å². The van der Waals surface area contributed by atoms with E-state index >= 15 is 0 Å². The van der Waals surface area contributed by atoms with Gasteiger partial charge in [-0.25, -0.2) is 4.39 Å². The van der Waals surface area contributed by atoms with E-state index in [1.165, 1.54) is 6.07 Å². The highest BCUT2D eigenvalue weighted by Gasteiger charge is 2.41. The Hall–Kier alpha value is -2.69. The van der Waals surface area contributed by atoms with Gasteiger partial charge >= 0.3 is 0 Å². The maximum Gasteiger partial charge on any atom is 0.131 e. The van der Waals surface area contributed by atoms with Crippen molar-refractivity contribution in [3.8, 4) is 23.3 Å². The average Bonchev–Trinajstić information content (AvgIpc) is 2.49. The molecule has 0 radical (unpaired) electrons. The molecule has 102 valence electrons. The zero-order valence-corrected chi connectivity index (χ0v) is 11.1. The van der Waals surface area contributed by atoms with Crippen molar-refractivity contribution in [2.75, 3.05) is 0 Å². The van der Waals surface area contributed by atoms with Crippen molar-refractivity contribution in [3.05, 3.63) is 59.9 Å². The van der Waals surface area contributed by atoms with Crippen LogP contribution in [0.4, 0.5) is 4.39 Å². The molecular weight excluding hydrogens is 265 g/mol. The van der Waals surface area contributed by atoms with Gasteiger partial charge in [0.15, 0.2) is 0 Å². The lowest BCUT2D eigenvalue weighted by atomic mass is 9.78. The molecule has 3 rings (SSSR count). The van der Waals surface area contributed by atoms with Crippen LogP contribution >= 0.6 is 0 Å². The van der Waals surface area contributed by atoms with Crippen LogP contribution in [0.15, 0.2) is 48.5 Å². The van der Waals surface area contributed by atoms with Crippen LogP contribution in [0, 0.1) is 28.5 Å². The van der Waals surface area contributed by atoms with Crippen LogP contribution in [-0.2, 0) is 0 Å². The highest BCUT2D eigenvalue weighted by molar-refractivity contribution is 5.64. The molecular formula is C17H12FN3. The van der Waals surface area contributed by atoms with E-state index in [-0.39, 0.29) is 23.8 Å². The van der Waals surface area contributed by atoms with E-state index in [0.29, 0.717) is 5.56 Å². The van der Waals surface area contributed by atoms with Crippen molar-refractivity contribution >= 4 is 0 Å². The fourth-order valence-corrected chi connectivity index (χ4v) is 2.67. The van der Waals surface area contributed by atoms with Gasteiger partial charge in [0.05, 0.1) is 12.1 Å². The van der Waals surface area contributed by atoms with Gasteiger partial charge in [0.2, 0.25) is 0 Å². The SMILES string of the molecule is N#C[C@@H]1N[C@@H](C#N)C1c1ccc(-c2ccccc2F)cc1. The van der Waals surface area contributed by atoms with Crippen molar-refractivity contribution in [3.63, 3.8) is 0 Å². The van der Waals surface area contributed by atoms with Crippen molar-refractivity contribution in [2.24, 2.45) is 0 Å². The van der Waals surface area contributed by atoms with Crippen molar-refractivity contribution in [2.45, 2.75) is 18.0 Å². The Bertz CT molecular complexity index is 720. The number of halogens is 1. The predicted molar refractivity (Wildman–Crippen MR) is 76.5 cm³/mol. The summed E-state index contributed by atoms with van der Waals surface area (Å²) in [5.74, 6) is -0.393. The normalized spacial score (nSPS) is 21.1. The lowest BCUT2D eigenvalue weighted by Crippen LogP contribution is -2.58. The van der Waals surface area contributed by atoms with Gasteiger partial charge in [0.1, 0.15) is 17.9 Å². The third-order valence-corrected chi connectivity index (χ3v) is 3.84. The lowest BCUT2D eigenvalue weighted by molar-refractivity contribution is 0.311. The molecule has 3 nitrogen and oxygen atoms in total. The lowest BCUT2D eigenvalue weighted by Gasteiger charge is -2.38. The van der Waals surface area contributed by atoms with Gasteiger partial charge in [-0.1, -0.05) is 42.5 Å². The summed E-state index contributed by atoms with van der Waals surface area (Å²) in [6.45, 7) is 0. The first kappa shape index (κ1) is 13.3. The number of nitrogens with one attached hydrogen (secondary N) is 1. The molecule has 2 aromatic carbocycles. The Morgan fingerprint density at radius 1 is 0.905 bits per heavy atom. The molecule has 0 aromatic heterocycles. The number of nitriles is 2. The Balaban J connectivity index is 1.90. The average molecular weight is 277 g/mol. The minimum Gasteiger partial charge on any atom is -0.285 e. The number of hydrogen-bond donors (Lipinski definition) is 1. The fraction of sp³-hybridized carbons (Fsp3) is 0.176. The summed E-state index contributed by atoms with van der Waals surface area (Å²) < 4.78 is 13.7. The smallest absolute Gasteiger partial charge is 0.131 e. The van der Waals surface area contributed by atoms with Gasteiger partial charge in [-0.05, 0) is 17.2 Å². The maximum absolute atomic E-state index is 13.7. The number of benzene rings is 2. The molecule has 1 heterocycles. The molecule has 0 spiro atoms. The molecule has 2 atom stereocenters. The quantitative estimate of drug-likeness (QED) is 0.918. The van der Waals surface area contributed by atoms with Crippen LogP contribution in [0.25, 0.3) is 11.1 Å². The van der Waals surface area contributed by atoms with Crippen LogP contribution < -0.4 is 5.32 Å². The van der Waals surface area contributed by atoms with Gasteiger partial charge in [-0.3, -0.25) is 5.32 Å². The molecule has 1 N–H and O–H groups in total. The Labute approximate surface area is 122 Å². The summed E-state index contributed by atoms with van der Waals surface area (Å²) in [5, 5.41) is 21.0. The number of hydrogen-bond acceptors (Lipinski definition) is 3. The van der Waals surface area contributed by atoms with Crippen molar-refractivity contribution in [1.29, 1.82) is 10.5 Å². The Morgan fingerprint density at radius 2 is 1.52 bits per heavy atom. The minimum absolute atomic E-state index is 0.130.